The van der Waals surface area contributed by atoms with Gasteiger partial charge < -0.3 is 4.74 Å². The summed E-state index contributed by atoms with van der Waals surface area (Å²) < 4.78 is 6.43. The van der Waals surface area contributed by atoms with E-state index in [0.29, 0.717) is 16.8 Å². The third kappa shape index (κ3) is 4.11. The molecule has 1 heterocycles. The van der Waals surface area contributed by atoms with Gasteiger partial charge in [-0.25, -0.2) is 0 Å². The first kappa shape index (κ1) is 17.2. The number of nitrogens with one attached hydrogen (secondary N) is 1. The van der Waals surface area contributed by atoms with Crippen LogP contribution in [0.4, 0.5) is 5.13 Å². The normalized spacial score (nSPS) is 13.4. The van der Waals surface area contributed by atoms with E-state index in [1.807, 2.05) is 48.5 Å². The third-order valence-electron chi connectivity index (χ3n) is 4.01. The van der Waals surface area contributed by atoms with Crippen molar-refractivity contribution in [2.24, 2.45) is 0 Å². The van der Waals surface area contributed by atoms with Crippen molar-refractivity contribution in [3.05, 3.63) is 58.0 Å². The number of amides is 1. The number of hydrogen-bond acceptors (Lipinski definition) is 5. The van der Waals surface area contributed by atoms with Crippen molar-refractivity contribution < 1.29 is 9.53 Å². The highest BCUT2D eigenvalue weighted by Gasteiger charge is 2.27. The number of halogens is 1. The molecule has 0 aliphatic heterocycles. The van der Waals surface area contributed by atoms with Crippen LogP contribution in [-0.2, 0) is 4.79 Å². The molecule has 1 fully saturated rings. The molecule has 0 spiro atoms. The Kier molecular flexibility index (Phi) is 4.99. The molecule has 1 saturated carbocycles. The Morgan fingerprint density at radius 1 is 1.15 bits per heavy atom. The van der Waals surface area contributed by atoms with Gasteiger partial charge in [0.05, 0.1) is 4.47 Å². The van der Waals surface area contributed by atoms with Gasteiger partial charge in [-0.2, -0.15) is 0 Å². The molecular formula is C19H16BrN3O2S. The van der Waals surface area contributed by atoms with Crippen LogP contribution in [-0.4, -0.2) is 22.7 Å². The van der Waals surface area contributed by atoms with Gasteiger partial charge in [-0.15, -0.1) is 10.2 Å². The summed E-state index contributed by atoms with van der Waals surface area (Å²) in [5.74, 6) is 0.909. The quantitative estimate of drug-likeness (QED) is 0.607. The maximum absolute atomic E-state index is 12.1. The molecule has 1 aromatic heterocycles. The van der Waals surface area contributed by atoms with Crippen LogP contribution in [0.25, 0.3) is 11.1 Å². The minimum atomic E-state index is -0.248. The first-order chi connectivity index (χ1) is 12.7. The van der Waals surface area contributed by atoms with E-state index in [9.17, 15) is 4.79 Å². The Bertz CT molecular complexity index is 926. The molecule has 1 N–H and O–H groups in total. The van der Waals surface area contributed by atoms with Gasteiger partial charge >= 0.3 is 0 Å². The van der Waals surface area contributed by atoms with E-state index in [1.165, 1.54) is 24.2 Å². The van der Waals surface area contributed by atoms with E-state index in [0.717, 1.165) is 20.6 Å². The maximum atomic E-state index is 12.1. The summed E-state index contributed by atoms with van der Waals surface area (Å²) in [4.78, 5) is 12.1. The molecule has 0 bridgehead atoms. The van der Waals surface area contributed by atoms with E-state index in [2.05, 4.69) is 31.4 Å². The van der Waals surface area contributed by atoms with Crippen LogP contribution >= 0.6 is 27.3 Å². The average molecular weight is 430 g/mol. The van der Waals surface area contributed by atoms with Crippen molar-refractivity contribution >= 4 is 38.3 Å². The zero-order chi connectivity index (χ0) is 17.9. The van der Waals surface area contributed by atoms with E-state index >= 15 is 0 Å². The Hall–Kier alpha value is -2.25. The van der Waals surface area contributed by atoms with Crippen molar-refractivity contribution in [2.75, 3.05) is 11.9 Å². The fraction of sp³-hybridized carbons (Fsp3) is 0.211. The minimum Gasteiger partial charge on any atom is -0.483 e. The summed E-state index contributed by atoms with van der Waals surface area (Å²) in [6.07, 6.45) is 2.33. The number of benzene rings is 2. The van der Waals surface area contributed by atoms with Gasteiger partial charge in [0.15, 0.2) is 6.61 Å². The SMILES string of the molecule is O=C(COc1ccc(-c2ccccc2)cc1Br)Nc1nnc(C2CC2)s1. The lowest BCUT2D eigenvalue weighted by Gasteiger charge is -2.09. The lowest BCUT2D eigenvalue weighted by Crippen LogP contribution is -2.20. The zero-order valence-corrected chi connectivity index (χ0v) is 16.2. The molecule has 7 heteroatoms. The molecule has 1 aliphatic rings. The molecule has 0 atom stereocenters. The summed E-state index contributed by atoms with van der Waals surface area (Å²) in [6.45, 7) is -0.0817. The van der Waals surface area contributed by atoms with E-state index in [-0.39, 0.29) is 12.5 Å². The lowest BCUT2D eigenvalue weighted by atomic mass is 10.1. The number of ether oxygens (including phenoxy) is 1. The summed E-state index contributed by atoms with van der Waals surface area (Å²) in [7, 11) is 0. The number of carbonyl (C=O) groups is 1. The average Bonchev–Trinajstić information content (AvgIpc) is 3.41. The largest absolute Gasteiger partial charge is 0.483 e. The van der Waals surface area contributed by atoms with Crippen molar-refractivity contribution in [3.63, 3.8) is 0 Å². The molecule has 4 rings (SSSR count). The molecular weight excluding hydrogens is 414 g/mol. The second kappa shape index (κ2) is 7.55. The van der Waals surface area contributed by atoms with Crippen LogP contribution in [0.15, 0.2) is 53.0 Å². The number of carbonyl (C=O) groups excluding carboxylic acids is 1. The van der Waals surface area contributed by atoms with E-state index in [4.69, 9.17) is 4.74 Å². The van der Waals surface area contributed by atoms with Crippen molar-refractivity contribution in [2.45, 2.75) is 18.8 Å². The van der Waals surface area contributed by atoms with Crippen molar-refractivity contribution in [1.29, 1.82) is 0 Å². The summed E-state index contributed by atoms with van der Waals surface area (Å²) in [6, 6.07) is 15.9. The number of nitrogens with zero attached hydrogens (tertiary/aromatic N) is 2. The Balaban J connectivity index is 1.35. The van der Waals surface area contributed by atoms with Crippen molar-refractivity contribution in [1.82, 2.24) is 10.2 Å². The van der Waals surface area contributed by atoms with Crippen LogP contribution in [0.5, 0.6) is 5.75 Å². The van der Waals surface area contributed by atoms with E-state index < -0.39 is 0 Å². The second-order valence-corrected chi connectivity index (χ2v) is 7.93. The molecule has 1 aliphatic carbocycles. The van der Waals surface area contributed by atoms with Gasteiger partial charge in [0.1, 0.15) is 10.8 Å². The Labute approximate surface area is 163 Å². The van der Waals surface area contributed by atoms with Crippen LogP contribution in [0.3, 0.4) is 0 Å². The maximum Gasteiger partial charge on any atom is 0.264 e. The van der Waals surface area contributed by atoms with Crippen molar-refractivity contribution in [3.8, 4) is 16.9 Å². The lowest BCUT2D eigenvalue weighted by molar-refractivity contribution is -0.118. The fourth-order valence-corrected chi connectivity index (χ4v) is 3.93. The Morgan fingerprint density at radius 3 is 2.69 bits per heavy atom. The number of rotatable bonds is 6. The highest BCUT2D eigenvalue weighted by molar-refractivity contribution is 9.10. The topological polar surface area (TPSA) is 64.1 Å². The molecule has 0 radical (unpaired) electrons. The van der Waals surface area contributed by atoms with Gasteiger partial charge in [0.2, 0.25) is 5.13 Å². The predicted molar refractivity (Wildman–Crippen MR) is 106 cm³/mol. The number of aromatic nitrogens is 2. The molecule has 2 aromatic carbocycles. The van der Waals surface area contributed by atoms with Crippen LogP contribution in [0.2, 0.25) is 0 Å². The Morgan fingerprint density at radius 2 is 1.96 bits per heavy atom. The molecule has 132 valence electrons. The van der Waals surface area contributed by atoms with Gasteiger partial charge in [-0.3, -0.25) is 10.1 Å². The van der Waals surface area contributed by atoms with Gasteiger partial charge in [0, 0.05) is 5.92 Å². The molecule has 26 heavy (non-hydrogen) atoms. The van der Waals surface area contributed by atoms with Gasteiger partial charge in [-0.05, 0) is 52.0 Å². The highest BCUT2D eigenvalue weighted by atomic mass is 79.9. The van der Waals surface area contributed by atoms with Crippen LogP contribution in [0, 0.1) is 0 Å². The summed E-state index contributed by atoms with van der Waals surface area (Å²) in [5.41, 5.74) is 2.20. The molecule has 1 amide bonds. The fourth-order valence-electron chi connectivity index (χ4n) is 2.51. The minimum absolute atomic E-state index is 0.0817. The third-order valence-corrected chi connectivity index (χ3v) is 5.63. The second-order valence-electron chi connectivity index (χ2n) is 6.07. The standard InChI is InChI=1S/C19H16BrN3O2S/c20-15-10-14(12-4-2-1-3-5-12)8-9-16(15)25-11-17(24)21-19-23-22-18(26-19)13-6-7-13/h1-5,8-10,13H,6-7,11H2,(H,21,23,24). The first-order valence-corrected chi connectivity index (χ1v) is 9.91. The van der Waals surface area contributed by atoms with Gasteiger partial charge in [0.25, 0.3) is 5.91 Å². The molecule has 3 aromatic rings. The van der Waals surface area contributed by atoms with Crippen LogP contribution < -0.4 is 10.1 Å². The summed E-state index contributed by atoms with van der Waals surface area (Å²) in [5, 5.41) is 12.4. The predicted octanol–water partition coefficient (Wildman–Crippen LogP) is 4.86. The molecule has 0 saturated heterocycles. The zero-order valence-electron chi connectivity index (χ0n) is 13.8. The molecule has 0 unspecified atom stereocenters. The van der Waals surface area contributed by atoms with E-state index in [1.54, 1.807) is 0 Å². The van der Waals surface area contributed by atoms with Crippen LogP contribution in [0.1, 0.15) is 23.8 Å². The smallest absolute Gasteiger partial charge is 0.264 e. The number of anilines is 1. The first-order valence-electron chi connectivity index (χ1n) is 8.30. The monoisotopic (exact) mass is 429 g/mol. The number of hydrogen-bond donors (Lipinski definition) is 1. The molecule has 5 nitrogen and oxygen atoms in total. The summed E-state index contributed by atoms with van der Waals surface area (Å²) >= 11 is 4.95. The van der Waals surface area contributed by atoms with Gasteiger partial charge in [-0.1, -0.05) is 47.7 Å². The highest BCUT2D eigenvalue weighted by Crippen LogP contribution is 2.42.